The van der Waals surface area contributed by atoms with Gasteiger partial charge in [0.05, 0.1) is 48.4 Å². The van der Waals surface area contributed by atoms with Crippen molar-refractivity contribution in [3.63, 3.8) is 0 Å². The van der Waals surface area contributed by atoms with E-state index in [0.717, 1.165) is 31.5 Å². The highest BCUT2D eigenvalue weighted by molar-refractivity contribution is 5.97. The second-order valence-corrected chi connectivity index (χ2v) is 9.34. The monoisotopic (exact) mass is 504 g/mol. The van der Waals surface area contributed by atoms with E-state index in [2.05, 4.69) is 15.4 Å². The number of carbonyl (C=O) groups is 1. The Labute approximate surface area is 212 Å². The van der Waals surface area contributed by atoms with Crippen molar-refractivity contribution < 1.29 is 18.3 Å². The highest BCUT2D eigenvalue weighted by atomic mass is 19.1. The molecule has 0 unspecified atom stereocenters. The van der Waals surface area contributed by atoms with Crippen LogP contribution in [0.4, 0.5) is 8.78 Å². The molecule has 2 fully saturated rings. The van der Waals surface area contributed by atoms with Gasteiger partial charge >= 0.3 is 0 Å². The Morgan fingerprint density at radius 1 is 1.03 bits per heavy atom. The van der Waals surface area contributed by atoms with Crippen LogP contribution in [0, 0.1) is 11.6 Å². The first-order chi connectivity index (χ1) is 18.1. The molecule has 2 aromatic heterocycles. The zero-order valence-electron chi connectivity index (χ0n) is 20.2. The molecule has 4 heterocycles. The highest BCUT2D eigenvalue weighted by Crippen LogP contribution is 2.31. The number of para-hydroxylation sites is 1. The van der Waals surface area contributed by atoms with Crippen LogP contribution >= 0.6 is 0 Å². The predicted molar refractivity (Wildman–Crippen MR) is 134 cm³/mol. The largest absolute Gasteiger partial charge is 0.378 e. The molecule has 1 amide bonds. The Morgan fingerprint density at radius 3 is 2.54 bits per heavy atom. The first-order valence-corrected chi connectivity index (χ1v) is 12.5. The lowest BCUT2D eigenvalue weighted by atomic mass is 10.0. The molecular formula is C27H26F2N6O2. The number of morpholine rings is 1. The standard InChI is InChI=1S/C27H26F2N6O2/c28-21-12-17(13-22(29)25(21)27(36)34-8-10-37-11-9-34)20-2-1-3-23-26(20)33-24(15-31-23)18-14-32-35(16-18)19-4-6-30-7-5-19/h1-3,12-16,19,30H,4-11H2. The maximum absolute atomic E-state index is 15.2. The molecule has 0 atom stereocenters. The van der Waals surface area contributed by atoms with Crippen LogP contribution in [-0.4, -0.2) is 69.9 Å². The van der Waals surface area contributed by atoms with Gasteiger partial charge in [-0.2, -0.15) is 5.10 Å². The number of rotatable bonds is 4. The van der Waals surface area contributed by atoms with Crippen molar-refractivity contribution in [3.05, 3.63) is 66.1 Å². The Hall–Kier alpha value is -3.76. The third-order valence-electron chi connectivity index (χ3n) is 7.02. The number of carbonyl (C=O) groups excluding carboxylic acids is 1. The minimum atomic E-state index is -0.907. The molecule has 0 bridgehead atoms. The minimum absolute atomic E-state index is 0.288. The summed E-state index contributed by atoms with van der Waals surface area (Å²) in [5.41, 5.74) is 2.83. The van der Waals surface area contributed by atoms with Gasteiger partial charge in [-0.15, -0.1) is 0 Å². The lowest BCUT2D eigenvalue weighted by Crippen LogP contribution is -2.41. The van der Waals surface area contributed by atoms with Crippen molar-refractivity contribution in [3.8, 4) is 22.4 Å². The van der Waals surface area contributed by atoms with Crippen molar-refractivity contribution in [1.29, 1.82) is 0 Å². The van der Waals surface area contributed by atoms with Gasteiger partial charge in [0.1, 0.15) is 17.2 Å². The summed E-state index contributed by atoms with van der Waals surface area (Å²) in [4.78, 5) is 23.5. The van der Waals surface area contributed by atoms with Crippen LogP contribution in [0.25, 0.3) is 33.4 Å². The molecule has 2 aliphatic rings. The van der Waals surface area contributed by atoms with Gasteiger partial charge in [-0.1, -0.05) is 12.1 Å². The molecule has 2 aliphatic heterocycles. The first-order valence-electron chi connectivity index (χ1n) is 12.5. The third-order valence-corrected chi connectivity index (χ3v) is 7.02. The van der Waals surface area contributed by atoms with Gasteiger partial charge < -0.3 is 15.0 Å². The number of piperidine rings is 1. The molecule has 10 heteroatoms. The number of nitrogens with one attached hydrogen (secondary N) is 1. The summed E-state index contributed by atoms with van der Waals surface area (Å²) in [6, 6.07) is 8.03. The summed E-state index contributed by atoms with van der Waals surface area (Å²) in [7, 11) is 0. The number of amides is 1. The van der Waals surface area contributed by atoms with Crippen molar-refractivity contribution in [2.24, 2.45) is 0 Å². The van der Waals surface area contributed by atoms with E-state index < -0.39 is 23.1 Å². The molecule has 2 aromatic carbocycles. The van der Waals surface area contributed by atoms with Gasteiger partial charge in [-0.05, 0) is 49.7 Å². The maximum Gasteiger partial charge on any atom is 0.259 e. The zero-order valence-corrected chi connectivity index (χ0v) is 20.2. The normalized spacial score (nSPS) is 16.9. The molecule has 4 aromatic rings. The van der Waals surface area contributed by atoms with E-state index >= 15 is 8.78 Å². The number of nitrogens with zero attached hydrogens (tertiary/aromatic N) is 5. The number of aromatic nitrogens is 4. The SMILES string of the molecule is O=C(c1c(F)cc(-c2cccc3ncc(-c4cnn(C5CCNCC5)c4)nc23)cc1F)N1CCOCC1. The third kappa shape index (κ3) is 4.58. The van der Waals surface area contributed by atoms with Crippen molar-refractivity contribution in [2.75, 3.05) is 39.4 Å². The summed E-state index contributed by atoms with van der Waals surface area (Å²) < 4.78 is 37.5. The Bertz CT molecular complexity index is 1440. The van der Waals surface area contributed by atoms with Gasteiger partial charge in [0.2, 0.25) is 0 Å². The Kier molecular flexibility index (Phi) is 6.35. The van der Waals surface area contributed by atoms with E-state index in [1.54, 1.807) is 30.6 Å². The van der Waals surface area contributed by atoms with Crippen LogP contribution in [0.5, 0.6) is 0 Å². The molecule has 8 nitrogen and oxygen atoms in total. The molecule has 0 spiro atoms. The van der Waals surface area contributed by atoms with E-state index in [0.29, 0.717) is 54.6 Å². The number of ether oxygens (including phenoxy) is 1. The lowest BCUT2D eigenvalue weighted by Gasteiger charge is -2.27. The summed E-state index contributed by atoms with van der Waals surface area (Å²) in [5.74, 6) is -2.48. The van der Waals surface area contributed by atoms with Crippen LogP contribution in [-0.2, 0) is 4.74 Å². The van der Waals surface area contributed by atoms with E-state index in [1.807, 2.05) is 10.9 Å². The van der Waals surface area contributed by atoms with Gasteiger partial charge in [-0.3, -0.25) is 14.5 Å². The lowest BCUT2D eigenvalue weighted by molar-refractivity contribution is 0.0296. The van der Waals surface area contributed by atoms with Gasteiger partial charge in [0, 0.05) is 30.4 Å². The van der Waals surface area contributed by atoms with Gasteiger partial charge in [-0.25, -0.2) is 13.8 Å². The number of fused-ring (bicyclic) bond motifs is 1. The van der Waals surface area contributed by atoms with Crippen LogP contribution in [0.3, 0.4) is 0 Å². The maximum atomic E-state index is 15.2. The van der Waals surface area contributed by atoms with Crippen LogP contribution < -0.4 is 5.32 Å². The summed E-state index contributed by atoms with van der Waals surface area (Å²) in [5, 5.41) is 7.90. The van der Waals surface area contributed by atoms with Crippen LogP contribution in [0.15, 0.2) is 48.9 Å². The summed E-state index contributed by atoms with van der Waals surface area (Å²) in [6.07, 6.45) is 7.44. The molecule has 1 N–H and O–H groups in total. The van der Waals surface area contributed by atoms with Gasteiger partial charge in [0.25, 0.3) is 5.91 Å². The molecule has 6 rings (SSSR count). The Morgan fingerprint density at radius 2 is 1.78 bits per heavy atom. The van der Waals surface area contributed by atoms with Crippen molar-refractivity contribution >= 4 is 16.9 Å². The fraction of sp³-hybridized carbons (Fsp3) is 0.333. The van der Waals surface area contributed by atoms with E-state index in [9.17, 15) is 4.79 Å². The Balaban J connectivity index is 1.35. The van der Waals surface area contributed by atoms with Crippen molar-refractivity contribution in [2.45, 2.75) is 18.9 Å². The van der Waals surface area contributed by atoms with E-state index in [4.69, 9.17) is 9.72 Å². The van der Waals surface area contributed by atoms with Crippen LogP contribution in [0.2, 0.25) is 0 Å². The highest BCUT2D eigenvalue weighted by Gasteiger charge is 2.26. The molecule has 0 radical (unpaired) electrons. The molecular weight excluding hydrogens is 478 g/mol. The molecule has 0 saturated carbocycles. The van der Waals surface area contributed by atoms with Crippen LogP contribution in [0.1, 0.15) is 29.2 Å². The molecule has 0 aliphatic carbocycles. The molecule has 2 saturated heterocycles. The number of hydrogen-bond acceptors (Lipinski definition) is 6. The zero-order chi connectivity index (χ0) is 25.4. The predicted octanol–water partition coefficient (Wildman–Crippen LogP) is 3.84. The topological polar surface area (TPSA) is 85.2 Å². The average Bonchev–Trinajstić information content (AvgIpc) is 3.43. The summed E-state index contributed by atoms with van der Waals surface area (Å²) in [6.45, 7) is 3.22. The molecule has 190 valence electrons. The minimum Gasteiger partial charge on any atom is -0.378 e. The van der Waals surface area contributed by atoms with E-state index in [-0.39, 0.29) is 5.56 Å². The smallest absolute Gasteiger partial charge is 0.259 e. The second-order valence-electron chi connectivity index (χ2n) is 9.34. The number of halogens is 2. The van der Waals surface area contributed by atoms with Crippen molar-refractivity contribution in [1.82, 2.24) is 30.0 Å². The molecule has 37 heavy (non-hydrogen) atoms. The fourth-order valence-electron chi connectivity index (χ4n) is 5.00. The van der Waals surface area contributed by atoms with Gasteiger partial charge in [0.15, 0.2) is 0 Å². The summed E-state index contributed by atoms with van der Waals surface area (Å²) >= 11 is 0. The average molecular weight is 505 g/mol. The second kappa shape index (κ2) is 9.95. The first kappa shape index (κ1) is 23.6. The number of hydrogen-bond donors (Lipinski definition) is 1. The number of benzene rings is 2. The quantitative estimate of drug-likeness (QED) is 0.455. The van der Waals surface area contributed by atoms with E-state index in [1.165, 1.54) is 17.0 Å². The fourth-order valence-corrected chi connectivity index (χ4v) is 5.00.